The van der Waals surface area contributed by atoms with E-state index in [1.54, 1.807) is 43.4 Å². The highest BCUT2D eigenvalue weighted by atomic mass is 16.5. The number of hydrogen-bond donors (Lipinski definition) is 2. The number of fused-ring (bicyclic) bond motifs is 4. The third kappa shape index (κ3) is 4.44. The van der Waals surface area contributed by atoms with E-state index in [9.17, 15) is 14.4 Å². The molecule has 0 spiro atoms. The van der Waals surface area contributed by atoms with Gasteiger partial charge in [-0.2, -0.15) is 0 Å². The van der Waals surface area contributed by atoms with Crippen molar-refractivity contribution in [1.82, 2.24) is 15.2 Å². The Kier molecular flexibility index (Phi) is 6.77. The Morgan fingerprint density at radius 3 is 2.48 bits per heavy atom. The van der Waals surface area contributed by atoms with E-state index >= 15 is 0 Å². The summed E-state index contributed by atoms with van der Waals surface area (Å²) in [5, 5.41) is 3.94. The van der Waals surface area contributed by atoms with Gasteiger partial charge >= 0.3 is 6.03 Å². The summed E-state index contributed by atoms with van der Waals surface area (Å²) in [6, 6.07) is 28.0. The smallest absolute Gasteiger partial charge is 0.332 e. The molecule has 9 nitrogen and oxygen atoms in total. The summed E-state index contributed by atoms with van der Waals surface area (Å²) in [4.78, 5) is 47.5. The van der Waals surface area contributed by atoms with Crippen LogP contribution < -0.4 is 19.7 Å². The third-order valence-corrected chi connectivity index (χ3v) is 8.48. The highest BCUT2D eigenvalue weighted by Crippen LogP contribution is 2.45. The minimum Gasteiger partial charge on any atom is -0.497 e. The second-order valence-corrected chi connectivity index (χ2v) is 10.9. The molecule has 1 aromatic heterocycles. The summed E-state index contributed by atoms with van der Waals surface area (Å²) in [6.07, 6.45) is 0.393. The average Bonchev–Trinajstić information content (AvgIpc) is 3.56. The van der Waals surface area contributed by atoms with E-state index in [1.807, 2.05) is 72.8 Å². The molecule has 4 amide bonds. The Bertz CT molecular complexity index is 1910. The van der Waals surface area contributed by atoms with Gasteiger partial charge in [0.1, 0.15) is 23.6 Å². The average molecular weight is 587 g/mol. The van der Waals surface area contributed by atoms with Gasteiger partial charge in [0.2, 0.25) is 0 Å². The highest BCUT2D eigenvalue weighted by molar-refractivity contribution is 6.22. The minimum atomic E-state index is -0.686. The van der Waals surface area contributed by atoms with Crippen LogP contribution in [0.25, 0.3) is 10.9 Å². The summed E-state index contributed by atoms with van der Waals surface area (Å²) in [5.41, 5.74) is 5.40. The lowest BCUT2D eigenvalue weighted by atomic mass is 9.89. The SMILES string of the molecule is COc1cccc([C@H]2c3[nH]c4ccccc4c3C[C@H]3C(=O)N(c4ccc(C(=O)NCc5ccccc5OC)cc4)C(=O)N23)c1. The lowest BCUT2D eigenvalue weighted by Gasteiger charge is -2.36. The van der Waals surface area contributed by atoms with Crippen LogP contribution in [0.15, 0.2) is 97.1 Å². The maximum Gasteiger partial charge on any atom is 0.332 e. The number of aromatic nitrogens is 1. The molecule has 2 aliphatic rings. The van der Waals surface area contributed by atoms with E-state index in [-0.39, 0.29) is 11.8 Å². The number of nitrogens with zero attached hydrogens (tertiary/aromatic N) is 2. The van der Waals surface area contributed by atoms with Gasteiger partial charge in [0.05, 0.1) is 19.9 Å². The van der Waals surface area contributed by atoms with E-state index in [1.165, 1.54) is 4.90 Å². The monoisotopic (exact) mass is 586 g/mol. The number of anilines is 1. The van der Waals surface area contributed by atoms with Gasteiger partial charge in [-0.3, -0.25) is 14.5 Å². The van der Waals surface area contributed by atoms with Crippen molar-refractivity contribution in [3.05, 3.63) is 125 Å². The predicted molar refractivity (Wildman–Crippen MR) is 166 cm³/mol. The summed E-state index contributed by atoms with van der Waals surface area (Å²) >= 11 is 0. The normalized spacial score (nSPS) is 17.4. The number of amides is 4. The Balaban J connectivity index is 1.19. The summed E-state index contributed by atoms with van der Waals surface area (Å²) in [6.45, 7) is 0.296. The number of H-pyrrole nitrogens is 1. The molecule has 4 aromatic carbocycles. The van der Waals surface area contributed by atoms with E-state index in [0.29, 0.717) is 35.7 Å². The number of urea groups is 1. The molecule has 1 saturated heterocycles. The molecule has 0 saturated carbocycles. The molecule has 5 aromatic rings. The van der Waals surface area contributed by atoms with Crippen LogP contribution in [0.2, 0.25) is 0 Å². The molecule has 44 heavy (non-hydrogen) atoms. The summed E-state index contributed by atoms with van der Waals surface area (Å²) in [7, 11) is 3.19. The van der Waals surface area contributed by atoms with Gasteiger partial charge in [0, 0.05) is 40.7 Å². The fourth-order valence-electron chi connectivity index (χ4n) is 6.36. The Hall–Kier alpha value is -5.57. The molecule has 0 bridgehead atoms. The molecule has 2 aliphatic heterocycles. The molecule has 0 radical (unpaired) electrons. The Morgan fingerprint density at radius 1 is 0.909 bits per heavy atom. The molecule has 0 unspecified atom stereocenters. The van der Waals surface area contributed by atoms with Crippen LogP contribution in [0.3, 0.4) is 0 Å². The van der Waals surface area contributed by atoms with Gasteiger partial charge < -0.3 is 19.8 Å². The molecular weight excluding hydrogens is 556 g/mol. The molecule has 2 N–H and O–H groups in total. The van der Waals surface area contributed by atoms with Crippen molar-refractivity contribution in [2.75, 3.05) is 19.1 Å². The first-order chi connectivity index (χ1) is 21.5. The number of benzene rings is 4. The van der Waals surface area contributed by atoms with Crippen molar-refractivity contribution in [3.63, 3.8) is 0 Å². The zero-order valence-corrected chi connectivity index (χ0v) is 24.2. The lowest BCUT2D eigenvalue weighted by molar-refractivity contribution is -0.120. The van der Waals surface area contributed by atoms with E-state index in [0.717, 1.165) is 33.3 Å². The molecule has 2 atom stereocenters. The lowest BCUT2D eigenvalue weighted by Crippen LogP contribution is -2.44. The van der Waals surface area contributed by atoms with Crippen LogP contribution in [0.4, 0.5) is 10.5 Å². The Labute approximate surface area is 254 Å². The molecule has 3 heterocycles. The minimum absolute atomic E-state index is 0.276. The zero-order chi connectivity index (χ0) is 30.4. The van der Waals surface area contributed by atoms with Crippen molar-refractivity contribution >= 4 is 34.4 Å². The van der Waals surface area contributed by atoms with Gasteiger partial charge in [-0.15, -0.1) is 0 Å². The van der Waals surface area contributed by atoms with Crippen molar-refractivity contribution in [3.8, 4) is 11.5 Å². The van der Waals surface area contributed by atoms with Gasteiger partial charge in [0.25, 0.3) is 11.8 Å². The van der Waals surface area contributed by atoms with Gasteiger partial charge in [-0.25, -0.2) is 9.69 Å². The van der Waals surface area contributed by atoms with Gasteiger partial charge in [0.15, 0.2) is 0 Å². The summed E-state index contributed by atoms with van der Waals surface area (Å²) in [5.74, 6) is 0.781. The first-order valence-electron chi connectivity index (χ1n) is 14.4. The van der Waals surface area contributed by atoms with Crippen molar-refractivity contribution in [1.29, 1.82) is 0 Å². The molecular formula is C35H30N4O5. The number of para-hydroxylation sites is 2. The van der Waals surface area contributed by atoms with Crippen LogP contribution in [-0.2, 0) is 17.8 Å². The predicted octanol–water partition coefficient (Wildman–Crippen LogP) is 5.60. The molecule has 7 rings (SSSR count). The number of nitrogens with one attached hydrogen (secondary N) is 2. The number of methoxy groups -OCH3 is 2. The zero-order valence-electron chi connectivity index (χ0n) is 24.2. The number of carbonyl (C=O) groups is 3. The number of ether oxygens (including phenoxy) is 2. The first kappa shape index (κ1) is 27.3. The van der Waals surface area contributed by atoms with Crippen LogP contribution in [0.1, 0.15) is 38.8 Å². The quantitative estimate of drug-likeness (QED) is 0.242. The maximum atomic E-state index is 14.1. The van der Waals surface area contributed by atoms with Crippen molar-refractivity contribution < 1.29 is 23.9 Å². The van der Waals surface area contributed by atoms with Crippen molar-refractivity contribution in [2.45, 2.75) is 25.0 Å². The number of imide groups is 1. The van der Waals surface area contributed by atoms with E-state index < -0.39 is 18.1 Å². The molecule has 1 fully saturated rings. The molecule has 9 heteroatoms. The number of carbonyl (C=O) groups excluding carboxylic acids is 3. The molecule has 220 valence electrons. The maximum absolute atomic E-state index is 14.1. The number of aromatic amines is 1. The first-order valence-corrected chi connectivity index (χ1v) is 14.4. The van der Waals surface area contributed by atoms with Gasteiger partial charge in [-0.05, 0) is 59.7 Å². The fraction of sp³-hybridized carbons (Fsp3) is 0.171. The topological polar surface area (TPSA) is 104 Å². The third-order valence-electron chi connectivity index (χ3n) is 8.48. The van der Waals surface area contributed by atoms with Crippen molar-refractivity contribution in [2.24, 2.45) is 0 Å². The van der Waals surface area contributed by atoms with Gasteiger partial charge in [-0.1, -0.05) is 48.5 Å². The van der Waals surface area contributed by atoms with Crippen LogP contribution in [0, 0.1) is 0 Å². The second kappa shape index (κ2) is 10.9. The van der Waals surface area contributed by atoms with Crippen LogP contribution in [0.5, 0.6) is 11.5 Å². The van der Waals surface area contributed by atoms with Crippen LogP contribution >= 0.6 is 0 Å². The second-order valence-electron chi connectivity index (χ2n) is 10.9. The molecule has 0 aliphatic carbocycles. The van der Waals surface area contributed by atoms with E-state index in [4.69, 9.17) is 9.47 Å². The van der Waals surface area contributed by atoms with Crippen LogP contribution in [-0.4, -0.2) is 48.0 Å². The Morgan fingerprint density at radius 2 is 1.68 bits per heavy atom. The van der Waals surface area contributed by atoms with E-state index in [2.05, 4.69) is 10.3 Å². The fourth-order valence-corrected chi connectivity index (χ4v) is 6.36. The number of hydrogen-bond acceptors (Lipinski definition) is 5. The number of rotatable bonds is 7. The standard InChI is InChI=1S/C35H30N4O5/c1-43-25-10-7-9-22(18-25)32-31-27(26-11-4-5-12-28(26)37-31)19-29-34(41)38(35(42)39(29)32)24-16-14-21(15-17-24)33(40)36-20-23-8-3-6-13-30(23)44-2/h3-18,29,32,37H,19-20H2,1-2H3,(H,36,40)/t29-,32-/m0/s1. The summed E-state index contributed by atoms with van der Waals surface area (Å²) < 4.78 is 10.9. The largest absolute Gasteiger partial charge is 0.497 e. The highest BCUT2D eigenvalue weighted by Gasteiger charge is 2.53.